The zero-order valence-electron chi connectivity index (χ0n) is 10.5. The summed E-state index contributed by atoms with van der Waals surface area (Å²) in [6.07, 6.45) is 0.623. The highest BCUT2D eigenvalue weighted by Gasteiger charge is 2.06. The summed E-state index contributed by atoms with van der Waals surface area (Å²) in [6.45, 7) is 0.438. The maximum atomic E-state index is 13.0. The average molecular weight is 312 g/mol. The van der Waals surface area contributed by atoms with Crippen molar-refractivity contribution in [1.29, 1.82) is 0 Å². The molecule has 2 aromatic rings. The van der Waals surface area contributed by atoms with E-state index in [4.69, 9.17) is 23.2 Å². The molecular weight excluding hydrogens is 300 g/mol. The first-order valence-electron chi connectivity index (χ1n) is 6.04. The van der Waals surface area contributed by atoms with Crippen LogP contribution in [0.25, 0.3) is 0 Å². The van der Waals surface area contributed by atoms with Crippen molar-refractivity contribution in [2.24, 2.45) is 0 Å². The maximum absolute atomic E-state index is 13.0. The molecule has 0 unspecified atom stereocenters. The molecule has 0 atom stereocenters. The summed E-state index contributed by atoms with van der Waals surface area (Å²) in [5.74, 6) is -0.730. The first kappa shape index (κ1) is 14.8. The van der Waals surface area contributed by atoms with Crippen LogP contribution in [0.3, 0.4) is 0 Å². The topological polar surface area (TPSA) is 29.1 Å². The molecule has 0 spiro atoms. The van der Waals surface area contributed by atoms with Crippen molar-refractivity contribution in [1.82, 2.24) is 5.32 Å². The van der Waals surface area contributed by atoms with Gasteiger partial charge in [0.1, 0.15) is 5.82 Å². The number of rotatable bonds is 4. The van der Waals surface area contributed by atoms with Crippen LogP contribution in [0, 0.1) is 5.82 Å². The number of nitrogens with one attached hydrogen (secondary N) is 1. The smallest absolute Gasteiger partial charge is 0.251 e. The van der Waals surface area contributed by atoms with Crippen molar-refractivity contribution in [2.75, 3.05) is 6.54 Å². The van der Waals surface area contributed by atoms with Crippen LogP contribution in [0.2, 0.25) is 10.0 Å². The van der Waals surface area contributed by atoms with Gasteiger partial charge in [-0.05, 0) is 42.3 Å². The van der Waals surface area contributed by atoms with Gasteiger partial charge in [-0.25, -0.2) is 4.39 Å². The molecule has 0 heterocycles. The zero-order chi connectivity index (χ0) is 14.5. The predicted octanol–water partition coefficient (Wildman–Crippen LogP) is 4.11. The Hall–Kier alpha value is -1.58. The number of carbonyl (C=O) groups is 1. The van der Waals surface area contributed by atoms with Crippen molar-refractivity contribution in [2.45, 2.75) is 6.42 Å². The van der Waals surface area contributed by atoms with Gasteiger partial charge in [-0.1, -0.05) is 35.3 Å². The highest BCUT2D eigenvalue weighted by atomic mass is 35.5. The normalized spacial score (nSPS) is 10.3. The molecule has 0 saturated carbocycles. The van der Waals surface area contributed by atoms with Crippen LogP contribution in [0.15, 0.2) is 42.5 Å². The van der Waals surface area contributed by atoms with Crippen LogP contribution >= 0.6 is 23.2 Å². The Labute approximate surface area is 126 Å². The van der Waals surface area contributed by atoms with Crippen molar-refractivity contribution >= 4 is 29.1 Å². The van der Waals surface area contributed by atoms with Gasteiger partial charge >= 0.3 is 0 Å². The fourth-order valence-corrected chi connectivity index (χ4v) is 2.07. The molecule has 0 aromatic heterocycles. The number of halogens is 3. The summed E-state index contributed by atoms with van der Waals surface area (Å²) in [7, 11) is 0. The summed E-state index contributed by atoms with van der Waals surface area (Å²) < 4.78 is 13.0. The summed E-state index contributed by atoms with van der Waals surface area (Å²) in [4.78, 5) is 11.8. The Balaban J connectivity index is 1.89. The minimum Gasteiger partial charge on any atom is -0.352 e. The number of carbonyl (C=O) groups excluding carboxylic acids is 1. The third-order valence-corrected chi connectivity index (χ3v) is 3.51. The molecule has 2 aromatic carbocycles. The zero-order valence-corrected chi connectivity index (χ0v) is 12.0. The molecule has 0 aliphatic heterocycles. The Morgan fingerprint density at radius 1 is 1.10 bits per heavy atom. The number of benzene rings is 2. The van der Waals surface area contributed by atoms with E-state index in [1.54, 1.807) is 18.2 Å². The first-order valence-corrected chi connectivity index (χ1v) is 6.79. The summed E-state index contributed by atoms with van der Waals surface area (Å²) in [6, 6.07) is 10.9. The molecule has 0 aliphatic carbocycles. The van der Waals surface area contributed by atoms with Crippen molar-refractivity contribution in [3.8, 4) is 0 Å². The van der Waals surface area contributed by atoms with Gasteiger partial charge in [-0.2, -0.15) is 0 Å². The molecular formula is C15H12Cl2FNO. The summed E-state index contributed by atoms with van der Waals surface area (Å²) >= 11 is 11.7. The van der Waals surface area contributed by atoms with Crippen LogP contribution in [-0.4, -0.2) is 12.5 Å². The van der Waals surface area contributed by atoms with Gasteiger partial charge in [-0.3, -0.25) is 4.79 Å². The molecule has 20 heavy (non-hydrogen) atoms. The van der Waals surface area contributed by atoms with E-state index >= 15 is 0 Å². The van der Waals surface area contributed by atoms with Crippen LogP contribution in [0.5, 0.6) is 0 Å². The van der Waals surface area contributed by atoms with Gasteiger partial charge in [0, 0.05) is 12.1 Å². The van der Waals surface area contributed by atoms with Gasteiger partial charge in [0.15, 0.2) is 0 Å². The van der Waals surface area contributed by atoms with Crippen LogP contribution in [0.4, 0.5) is 4.39 Å². The van der Waals surface area contributed by atoms with Gasteiger partial charge in [0.2, 0.25) is 0 Å². The lowest BCUT2D eigenvalue weighted by molar-refractivity contribution is 0.0953. The second-order valence-electron chi connectivity index (χ2n) is 4.26. The van der Waals surface area contributed by atoms with E-state index in [0.29, 0.717) is 28.6 Å². The third-order valence-electron chi connectivity index (χ3n) is 2.77. The largest absolute Gasteiger partial charge is 0.352 e. The van der Waals surface area contributed by atoms with Gasteiger partial charge in [-0.15, -0.1) is 0 Å². The summed E-state index contributed by atoms with van der Waals surface area (Å²) in [5, 5.41) is 3.71. The Morgan fingerprint density at radius 3 is 2.60 bits per heavy atom. The minimum atomic E-state index is -0.429. The molecule has 1 amide bonds. The van der Waals surface area contributed by atoms with Crippen LogP contribution in [-0.2, 0) is 6.42 Å². The van der Waals surface area contributed by atoms with E-state index in [1.807, 2.05) is 6.07 Å². The van der Waals surface area contributed by atoms with E-state index in [-0.39, 0.29) is 5.91 Å². The van der Waals surface area contributed by atoms with Gasteiger partial charge < -0.3 is 5.32 Å². The molecule has 2 rings (SSSR count). The standard InChI is InChI=1S/C15H12Cl2FNO/c16-13-5-4-10(8-14(13)17)6-7-19-15(20)11-2-1-3-12(18)9-11/h1-5,8-9H,6-7H2,(H,19,20). The lowest BCUT2D eigenvalue weighted by Gasteiger charge is -2.06. The van der Waals surface area contributed by atoms with E-state index < -0.39 is 5.82 Å². The van der Waals surface area contributed by atoms with E-state index in [9.17, 15) is 9.18 Å². The highest BCUT2D eigenvalue weighted by Crippen LogP contribution is 2.22. The molecule has 104 valence electrons. The third kappa shape index (κ3) is 3.95. The van der Waals surface area contributed by atoms with Crippen LogP contribution < -0.4 is 5.32 Å². The fraction of sp³-hybridized carbons (Fsp3) is 0.133. The maximum Gasteiger partial charge on any atom is 0.251 e. The second kappa shape index (κ2) is 6.73. The molecule has 0 fully saturated rings. The molecule has 5 heteroatoms. The van der Waals surface area contributed by atoms with E-state index in [0.717, 1.165) is 5.56 Å². The molecule has 0 aliphatic rings. The minimum absolute atomic E-state index is 0.301. The van der Waals surface area contributed by atoms with E-state index in [2.05, 4.69) is 5.32 Å². The Bertz CT molecular complexity index is 631. The first-order chi connectivity index (χ1) is 9.56. The number of hydrogen-bond donors (Lipinski definition) is 1. The predicted molar refractivity (Wildman–Crippen MR) is 78.9 cm³/mol. The average Bonchev–Trinajstić information content (AvgIpc) is 2.42. The summed E-state index contributed by atoms with van der Waals surface area (Å²) in [5.41, 5.74) is 1.28. The Morgan fingerprint density at radius 2 is 1.90 bits per heavy atom. The quantitative estimate of drug-likeness (QED) is 0.904. The highest BCUT2D eigenvalue weighted by molar-refractivity contribution is 6.42. The molecule has 2 nitrogen and oxygen atoms in total. The molecule has 0 radical (unpaired) electrons. The SMILES string of the molecule is O=C(NCCc1ccc(Cl)c(Cl)c1)c1cccc(F)c1. The monoisotopic (exact) mass is 311 g/mol. The van der Waals surface area contributed by atoms with E-state index in [1.165, 1.54) is 18.2 Å². The van der Waals surface area contributed by atoms with Gasteiger partial charge in [0.25, 0.3) is 5.91 Å². The number of hydrogen-bond acceptors (Lipinski definition) is 1. The number of amides is 1. The fourth-order valence-electron chi connectivity index (χ4n) is 1.75. The van der Waals surface area contributed by atoms with Gasteiger partial charge in [0.05, 0.1) is 10.0 Å². The molecule has 0 bridgehead atoms. The second-order valence-corrected chi connectivity index (χ2v) is 5.08. The van der Waals surface area contributed by atoms with Crippen molar-refractivity contribution < 1.29 is 9.18 Å². The lowest BCUT2D eigenvalue weighted by atomic mass is 10.1. The lowest BCUT2D eigenvalue weighted by Crippen LogP contribution is -2.25. The molecule has 0 saturated heterocycles. The molecule has 1 N–H and O–H groups in total. The van der Waals surface area contributed by atoms with Crippen molar-refractivity contribution in [3.63, 3.8) is 0 Å². The van der Waals surface area contributed by atoms with Crippen molar-refractivity contribution in [3.05, 3.63) is 69.5 Å². The Kier molecular flexibility index (Phi) is 4.99. The van der Waals surface area contributed by atoms with Crippen LogP contribution in [0.1, 0.15) is 15.9 Å².